The van der Waals surface area contributed by atoms with E-state index in [1.165, 1.54) is 6.20 Å². The summed E-state index contributed by atoms with van der Waals surface area (Å²) in [6.07, 6.45) is -0.975. The SMILES string of the molecule is O=C(O)C(CC(Cc1c[nH]c2ccccc12)(C(=O)O)P(=O)(O)O)P(=O)(O)O. The predicted molar refractivity (Wildman–Crippen MR) is 92.5 cm³/mol. The number of rotatable bonds is 8. The zero-order chi connectivity index (χ0) is 20.6. The van der Waals surface area contributed by atoms with Gasteiger partial charge in [-0.05, 0) is 11.6 Å². The molecule has 0 fully saturated rings. The summed E-state index contributed by atoms with van der Waals surface area (Å²) in [5.41, 5.74) is -1.89. The lowest BCUT2D eigenvalue weighted by molar-refractivity contribution is -0.141. The Morgan fingerprint density at radius 1 is 1.07 bits per heavy atom. The van der Waals surface area contributed by atoms with E-state index in [0.29, 0.717) is 10.9 Å². The number of H-pyrrole nitrogens is 1. The molecule has 2 rings (SSSR count). The number of carbonyl (C=O) groups is 2. The Labute approximate surface area is 152 Å². The van der Waals surface area contributed by atoms with E-state index in [1.807, 2.05) is 0 Å². The summed E-state index contributed by atoms with van der Waals surface area (Å²) in [5.74, 6) is -4.11. The summed E-state index contributed by atoms with van der Waals surface area (Å²) < 4.78 is 23.6. The van der Waals surface area contributed by atoms with Gasteiger partial charge in [0.15, 0.2) is 10.8 Å². The minimum absolute atomic E-state index is 0.158. The van der Waals surface area contributed by atoms with Gasteiger partial charge >= 0.3 is 27.1 Å². The number of para-hydroxylation sites is 1. The predicted octanol–water partition coefficient (Wildman–Crippen LogP) is 0.732. The number of benzene rings is 1. The van der Waals surface area contributed by atoms with Gasteiger partial charge in [-0.2, -0.15) is 0 Å². The van der Waals surface area contributed by atoms with Crippen molar-refractivity contribution in [3.05, 3.63) is 36.0 Å². The Hall–Kier alpha value is -2.00. The minimum atomic E-state index is -5.57. The van der Waals surface area contributed by atoms with Gasteiger partial charge in [0, 0.05) is 29.9 Å². The first-order valence-electron chi connectivity index (χ1n) is 7.41. The molecule has 1 aromatic carbocycles. The quantitative estimate of drug-likeness (QED) is 0.297. The first-order chi connectivity index (χ1) is 12.3. The molecule has 0 aliphatic heterocycles. The van der Waals surface area contributed by atoms with Crippen molar-refractivity contribution in [1.29, 1.82) is 0 Å². The first kappa shape index (κ1) is 21.3. The third-order valence-corrected chi connectivity index (χ3v) is 7.20. The summed E-state index contributed by atoms with van der Waals surface area (Å²) in [4.78, 5) is 63.9. The van der Waals surface area contributed by atoms with E-state index in [-0.39, 0.29) is 5.56 Å². The second-order valence-electron chi connectivity index (χ2n) is 6.06. The molecule has 2 aromatic rings. The number of hydrogen-bond donors (Lipinski definition) is 7. The Kier molecular flexibility index (Phi) is 5.68. The number of nitrogens with one attached hydrogen (secondary N) is 1. The number of hydrogen-bond acceptors (Lipinski definition) is 4. The fraction of sp³-hybridized carbons (Fsp3) is 0.286. The fourth-order valence-electron chi connectivity index (χ4n) is 2.84. The molecule has 2 unspecified atom stereocenters. The zero-order valence-corrected chi connectivity index (χ0v) is 15.4. The molecule has 1 aromatic heterocycles. The van der Waals surface area contributed by atoms with Crippen LogP contribution in [0.3, 0.4) is 0 Å². The number of fused-ring (bicyclic) bond motifs is 1. The molecule has 27 heavy (non-hydrogen) atoms. The monoisotopic (exact) mass is 421 g/mol. The molecule has 2 atom stereocenters. The average molecular weight is 421 g/mol. The largest absolute Gasteiger partial charge is 0.481 e. The second kappa shape index (κ2) is 7.20. The molecular weight excluding hydrogens is 404 g/mol. The van der Waals surface area contributed by atoms with Crippen LogP contribution in [0.4, 0.5) is 0 Å². The number of carboxylic acid groups (broad SMARTS) is 2. The zero-order valence-electron chi connectivity index (χ0n) is 13.6. The van der Waals surface area contributed by atoms with Crippen LogP contribution in [0.1, 0.15) is 12.0 Å². The molecule has 148 valence electrons. The van der Waals surface area contributed by atoms with Crippen LogP contribution in [0, 0.1) is 0 Å². The molecule has 0 spiro atoms. The van der Waals surface area contributed by atoms with Crippen LogP contribution in [-0.2, 0) is 25.1 Å². The van der Waals surface area contributed by atoms with Crippen LogP contribution in [0.5, 0.6) is 0 Å². The number of aromatic amines is 1. The number of aromatic nitrogens is 1. The topological polar surface area (TPSA) is 205 Å². The van der Waals surface area contributed by atoms with Crippen LogP contribution in [0.15, 0.2) is 30.5 Å². The van der Waals surface area contributed by atoms with Gasteiger partial charge in [0.25, 0.3) is 0 Å². The van der Waals surface area contributed by atoms with Crippen LogP contribution in [-0.4, -0.2) is 57.5 Å². The molecule has 11 nitrogen and oxygen atoms in total. The van der Waals surface area contributed by atoms with E-state index in [0.717, 1.165) is 0 Å². The van der Waals surface area contributed by atoms with Gasteiger partial charge in [0.05, 0.1) is 0 Å². The Morgan fingerprint density at radius 2 is 1.67 bits per heavy atom. The standard InChI is InChI=1S/C14H17NO10P2/c16-12(17)11(26(20,21)22)6-14(13(18)19,27(23,24)25)5-8-7-15-10-4-2-1-3-9(8)10/h1-4,7,11,15H,5-6H2,(H,16,17)(H,18,19)(H2,20,21,22)(H2,23,24,25). The fourth-order valence-corrected chi connectivity index (χ4v) is 4.87. The maximum atomic E-state index is 12.1. The van der Waals surface area contributed by atoms with Crippen LogP contribution in [0.25, 0.3) is 10.9 Å². The number of carboxylic acids is 2. The molecule has 0 saturated heterocycles. The van der Waals surface area contributed by atoms with Crippen molar-refractivity contribution in [3.8, 4) is 0 Å². The molecule has 0 radical (unpaired) electrons. The molecule has 0 aliphatic rings. The van der Waals surface area contributed by atoms with Crippen molar-refractivity contribution in [2.75, 3.05) is 0 Å². The van der Waals surface area contributed by atoms with Crippen molar-refractivity contribution in [2.24, 2.45) is 0 Å². The summed E-state index contributed by atoms with van der Waals surface area (Å²) in [7, 11) is -11.0. The average Bonchev–Trinajstić information content (AvgIpc) is 2.91. The highest BCUT2D eigenvalue weighted by atomic mass is 31.2. The molecule has 0 amide bonds. The third kappa shape index (κ3) is 4.14. The van der Waals surface area contributed by atoms with E-state index in [2.05, 4.69) is 4.98 Å². The van der Waals surface area contributed by atoms with Gasteiger partial charge in [-0.15, -0.1) is 0 Å². The van der Waals surface area contributed by atoms with E-state index < -0.39 is 50.8 Å². The van der Waals surface area contributed by atoms with Gasteiger partial charge in [-0.25, -0.2) is 0 Å². The van der Waals surface area contributed by atoms with E-state index in [9.17, 15) is 43.4 Å². The highest BCUT2D eigenvalue weighted by Gasteiger charge is 2.58. The Bertz CT molecular complexity index is 973. The van der Waals surface area contributed by atoms with Gasteiger partial charge < -0.3 is 34.8 Å². The molecule has 1 heterocycles. The molecular formula is C14H17NO10P2. The first-order valence-corrected chi connectivity index (χ1v) is 10.7. The number of aliphatic carboxylic acids is 2. The lowest BCUT2D eigenvalue weighted by atomic mass is 9.93. The highest BCUT2D eigenvalue weighted by Crippen LogP contribution is 2.58. The summed E-state index contributed by atoms with van der Waals surface area (Å²) in [6.45, 7) is 0. The van der Waals surface area contributed by atoms with Crippen molar-refractivity contribution in [2.45, 2.75) is 23.7 Å². The van der Waals surface area contributed by atoms with Crippen molar-refractivity contribution < 1.29 is 48.5 Å². The van der Waals surface area contributed by atoms with Gasteiger partial charge in [-0.3, -0.25) is 18.7 Å². The molecule has 0 aliphatic carbocycles. The van der Waals surface area contributed by atoms with Crippen molar-refractivity contribution in [3.63, 3.8) is 0 Å². The maximum absolute atomic E-state index is 12.1. The van der Waals surface area contributed by atoms with Crippen LogP contribution < -0.4 is 0 Å². The summed E-state index contributed by atoms with van der Waals surface area (Å²) in [5, 5.41) is 16.1. The summed E-state index contributed by atoms with van der Waals surface area (Å²) >= 11 is 0. The lowest BCUT2D eigenvalue weighted by Crippen LogP contribution is -2.45. The second-order valence-corrected chi connectivity index (χ2v) is 9.81. The highest BCUT2D eigenvalue weighted by molar-refractivity contribution is 7.55. The maximum Gasteiger partial charge on any atom is 0.343 e. The van der Waals surface area contributed by atoms with Gasteiger partial charge in [0.2, 0.25) is 0 Å². The molecule has 13 heteroatoms. The lowest BCUT2D eigenvalue weighted by Gasteiger charge is -2.32. The molecule has 7 N–H and O–H groups in total. The van der Waals surface area contributed by atoms with Gasteiger partial charge in [0.1, 0.15) is 0 Å². The normalized spacial score (nSPS) is 16.0. The van der Waals surface area contributed by atoms with Crippen LogP contribution >= 0.6 is 15.2 Å². The Morgan fingerprint density at radius 3 is 2.15 bits per heavy atom. The third-order valence-electron chi connectivity index (χ3n) is 4.34. The molecule has 0 saturated carbocycles. The molecule has 0 bridgehead atoms. The van der Waals surface area contributed by atoms with Crippen molar-refractivity contribution >= 4 is 38.0 Å². The van der Waals surface area contributed by atoms with Gasteiger partial charge in [-0.1, -0.05) is 18.2 Å². The van der Waals surface area contributed by atoms with E-state index in [4.69, 9.17) is 5.11 Å². The smallest absolute Gasteiger partial charge is 0.343 e. The van der Waals surface area contributed by atoms with Crippen LogP contribution in [0.2, 0.25) is 0 Å². The summed E-state index contributed by atoms with van der Waals surface area (Å²) in [6, 6.07) is 6.47. The van der Waals surface area contributed by atoms with E-state index >= 15 is 0 Å². The minimum Gasteiger partial charge on any atom is -0.481 e. The van der Waals surface area contributed by atoms with Crippen molar-refractivity contribution in [1.82, 2.24) is 4.98 Å². The van der Waals surface area contributed by atoms with E-state index in [1.54, 1.807) is 24.3 Å². The Balaban J connectivity index is 2.63.